The Balaban J connectivity index is -0.0000000457. The van der Waals surface area contributed by atoms with Gasteiger partial charge in [0.25, 0.3) is 0 Å². The van der Waals surface area contributed by atoms with Crippen LogP contribution in [0.15, 0.2) is 0 Å². The van der Waals surface area contributed by atoms with E-state index in [1.165, 1.54) is 14.2 Å². The third kappa shape index (κ3) is 61.8. The lowest BCUT2D eigenvalue weighted by Crippen LogP contribution is -2.08. The van der Waals surface area contributed by atoms with Gasteiger partial charge in [0, 0.05) is 0 Å². The van der Waals surface area contributed by atoms with Gasteiger partial charge in [-0.15, -0.1) is 24.8 Å². The maximum Gasteiger partial charge on any atom is 0.404 e. The van der Waals surface area contributed by atoms with Gasteiger partial charge in [0.2, 0.25) is 0 Å². The quantitative estimate of drug-likeness (QED) is 0.614. The van der Waals surface area contributed by atoms with E-state index in [-0.39, 0.29) is 24.8 Å². The molecule has 0 bridgehead atoms. The van der Waals surface area contributed by atoms with Gasteiger partial charge in [-0.2, -0.15) is 0 Å². The lowest BCUT2D eigenvalue weighted by molar-refractivity contribution is 0.181. The summed E-state index contributed by atoms with van der Waals surface area (Å²) in [5, 5.41) is 0. The highest BCUT2D eigenvalue weighted by Gasteiger charge is 1.76. The molecule has 0 aliphatic rings. The third-order valence-corrected chi connectivity index (χ3v) is 0.402. The number of carbonyl (C=O) groups excluding carboxylic acids is 2. The molecule has 0 rings (SSSR count). The highest BCUT2D eigenvalue weighted by molar-refractivity contribution is 5.85. The third-order valence-electron chi connectivity index (χ3n) is 0.402. The fraction of sp³-hybridized carbons (Fsp3) is 0.500. The second-order valence-corrected chi connectivity index (χ2v) is 1.05. The van der Waals surface area contributed by atoms with Crippen molar-refractivity contribution in [2.24, 2.45) is 11.5 Å². The number of halogens is 2. The summed E-state index contributed by atoms with van der Waals surface area (Å²) in [7, 11) is 2.45. The Bertz CT molecular complexity index is 108. The molecule has 0 saturated carbocycles. The van der Waals surface area contributed by atoms with Gasteiger partial charge >= 0.3 is 12.2 Å². The van der Waals surface area contributed by atoms with Gasteiger partial charge in [0.1, 0.15) is 0 Å². The van der Waals surface area contributed by atoms with Crippen LogP contribution < -0.4 is 11.5 Å². The van der Waals surface area contributed by atoms with Crippen molar-refractivity contribution in [1.82, 2.24) is 0 Å². The topological polar surface area (TPSA) is 105 Å². The van der Waals surface area contributed by atoms with E-state index >= 15 is 0 Å². The molecule has 0 aliphatic heterocycles. The molecule has 0 aromatic carbocycles. The zero-order valence-corrected chi connectivity index (χ0v) is 8.24. The van der Waals surface area contributed by atoms with Crippen LogP contribution in [0.1, 0.15) is 0 Å². The van der Waals surface area contributed by atoms with Gasteiger partial charge in [-0.1, -0.05) is 0 Å². The molecule has 0 atom stereocenters. The van der Waals surface area contributed by atoms with Crippen molar-refractivity contribution in [1.29, 1.82) is 0 Å². The highest BCUT2D eigenvalue weighted by Crippen LogP contribution is 1.55. The highest BCUT2D eigenvalue weighted by atomic mass is 35.5. The van der Waals surface area contributed by atoms with E-state index in [0.29, 0.717) is 0 Å². The molecule has 12 heavy (non-hydrogen) atoms. The molecule has 8 heteroatoms. The number of methoxy groups -OCH3 is 2. The minimum atomic E-state index is -0.745. The Kier molecular flexibility index (Phi) is 31.1. The Morgan fingerprint density at radius 3 is 1.00 bits per heavy atom. The van der Waals surface area contributed by atoms with Crippen LogP contribution in [-0.2, 0) is 9.47 Å². The summed E-state index contributed by atoms with van der Waals surface area (Å²) in [5.41, 5.74) is 8.86. The van der Waals surface area contributed by atoms with Crippen molar-refractivity contribution in [3.05, 3.63) is 0 Å². The van der Waals surface area contributed by atoms with Crippen LogP contribution in [0.2, 0.25) is 0 Å². The van der Waals surface area contributed by atoms with Crippen LogP contribution in [0, 0.1) is 0 Å². The number of amides is 2. The molecule has 76 valence electrons. The van der Waals surface area contributed by atoms with Gasteiger partial charge in [-0.05, 0) is 0 Å². The first-order valence-corrected chi connectivity index (χ1v) is 2.21. The van der Waals surface area contributed by atoms with Crippen LogP contribution in [0.25, 0.3) is 0 Å². The van der Waals surface area contributed by atoms with Crippen molar-refractivity contribution in [2.75, 3.05) is 14.2 Å². The van der Waals surface area contributed by atoms with E-state index in [2.05, 4.69) is 20.9 Å². The van der Waals surface area contributed by atoms with Crippen LogP contribution in [-0.4, -0.2) is 26.4 Å². The smallest absolute Gasteiger partial charge is 0.404 e. The Labute approximate surface area is 82.4 Å². The van der Waals surface area contributed by atoms with Gasteiger partial charge < -0.3 is 20.9 Å². The molecule has 0 heterocycles. The van der Waals surface area contributed by atoms with Crippen LogP contribution in [0.5, 0.6) is 0 Å². The molecular formula is C4H12Cl2N2O4. The van der Waals surface area contributed by atoms with E-state index in [1.54, 1.807) is 0 Å². The molecule has 0 spiro atoms. The average molecular weight is 223 g/mol. The predicted octanol–water partition coefficient (Wildman–Crippen LogP) is 0.267. The van der Waals surface area contributed by atoms with Gasteiger partial charge in [0.05, 0.1) is 14.2 Å². The lowest BCUT2D eigenvalue weighted by Gasteiger charge is -1.81. The van der Waals surface area contributed by atoms with E-state index in [0.717, 1.165) is 0 Å². The Morgan fingerprint density at radius 1 is 0.917 bits per heavy atom. The van der Waals surface area contributed by atoms with E-state index < -0.39 is 12.2 Å². The number of ether oxygens (including phenoxy) is 2. The summed E-state index contributed by atoms with van der Waals surface area (Å²) in [4.78, 5) is 18.7. The minimum Gasteiger partial charge on any atom is -0.453 e. The van der Waals surface area contributed by atoms with E-state index in [9.17, 15) is 9.59 Å². The van der Waals surface area contributed by atoms with Crippen molar-refractivity contribution in [3.63, 3.8) is 0 Å². The molecule has 0 fully saturated rings. The van der Waals surface area contributed by atoms with Crippen LogP contribution in [0.3, 0.4) is 0 Å². The van der Waals surface area contributed by atoms with Gasteiger partial charge in [-0.3, -0.25) is 0 Å². The fourth-order valence-electron chi connectivity index (χ4n) is 0. The number of hydrogen-bond acceptors (Lipinski definition) is 4. The number of rotatable bonds is 0. The summed E-state index contributed by atoms with van der Waals surface area (Å²) >= 11 is 0. The SMILES string of the molecule is COC(N)=O.COC(N)=O.Cl.Cl. The molecule has 0 aromatic rings. The normalized spacial score (nSPS) is 5.50. The second kappa shape index (κ2) is 16.6. The summed E-state index contributed by atoms with van der Waals surface area (Å²) < 4.78 is 7.78. The van der Waals surface area contributed by atoms with Crippen molar-refractivity contribution in [2.45, 2.75) is 0 Å². The van der Waals surface area contributed by atoms with Crippen molar-refractivity contribution < 1.29 is 19.1 Å². The molecule has 2 amide bonds. The minimum absolute atomic E-state index is 0. The molecule has 0 aliphatic carbocycles. The standard InChI is InChI=1S/2C2H5NO2.2ClH/c2*1-5-2(3)4;;/h2*1H3,(H2,3,4);2*1H. The Morgan fingerprint density at radius 2 is 1.00 bits per heavy atom. The van der Waals surface area contributed by atoms with Crippen LogP contribution >= 0.6 is 24.8 Å². The summed E-state index contributed by atoms with van der Waals surface area (Å²) in [6.45, 7) is 0. The maximum atomic E-state index is 9.37. The van der Waals surface area contributed by atoms with Gasteiger partial charge in [0.15, 0.2) is 0 Å². The number of hydrogen-bond donors (Lipinski definition) is 2. The van der Waals surface area contributed by atoms with Crippen molar-refractivity contribution >= 4 is 37.0 Å². The lowest BCUT2D eigenvalue weighted by atomic mass is 11.3. The average Bonchev–Trinajstić information content (AvgIpc) is 1.89. The van der Waals surface area contributed by atoms with Gasteiger partial charge in [-0.25, -0.2) is 9.59 Å². The molecule has 0 radical (unpaired) electrons. The first kappa shape index (κ1) is 22.5. The monoisotopic (exact) mass is 222 g/mol. The molecule has 4 N–H and O–H groups in total. The summed E-state index contributed by atoms with van der Waals surface area (Å²) in [6.07, 6.45) is -1.49. The van der Waals surface area contributed by atoms with Crippen molar-refractivity contribution in [3.8, 4) is 0 Å². The molecule has 0 unspecified atom stereocenters. The zero-order valence-electron chi connectivity index (χ0n) is 6.60. The fourth-order valence-corrected chi connectivity index (χ4v) is 0. The largest absolute Gasteiger partial charge is 0.453 e. The number of carbonyl (C=O) groups is 2. The first-order chi connectivity index (χ1) is 4.54. The molecule has 6 nitrogen and oxygen atoms in total. The van der Waals surface area contributed by atoms with Crippen LogP contribution in [0.4, 0.5) is 9.59 Å². The molecular weight excluding hydrogens is 211 g/mol. The second-order valence-electron chi connectivity index (χ2n) is 1.05. The Hall–Kier alpha value is -0.880. The molecule has 0 saturated heterocycles. The predicted molar refractivity (Wildman–Crippen MR) is 47.7 cm³/mol. The zero-order chi connectivity index (χ0) is 8.57. The number of nitrogens with two attached hydrogens (primary N) is 2. The van der Waals surface area contributed by atoms with E-state index in [4.69, 9.17) is 0 Å². The first-order valence-electron chi connectivity index (χ1n) is 2.21. The summed E-state index contributed by atoms with van der Waals surface area (Å²) in [5.74, 6) is 0. The van der Waals surface area contributed by atoms with E-state index in [1.807, 2.05) is 0 Å². The number of primary amides is 2. The molecule has 0 aromatic heterocycles. The maximum absolute atomic E-state index is 9.37. The summed E-state index contributed by atoms with van der Waals surface area (Å²) in [6, 6.07) is 0.